The smallest absolute Gasteiger partial charge is 0.227 e. The second kappa shape index (κ2) is 7.33. The summed E-state index contributed by atoms with van der Waals surface area (Å²) in [7, 11) is 0. The average molecular weight is 323 g/mol. The molecule has 1 amide bonds. The normalized spacial score (nSPS) is 20.4. The Bertz CT molecular complexity index is 618. The van der Waals surface area contributed by atoms with Gasteiger partial charge in [-0.25, -0.2) is 4.68 Å². The van der Waals surface area contributed by atoms with E-state index in [0.29, 0.717) is 12.5 Å². The Balaban J connectivity index is 0.00000176. The Hall–Kier alpha value is -1.99. The molecule has 1 aromatic heterocycles. The summed E-state index contributed by atoms with van der Waals surface area (Å²) in [6, 6.07) is 7.45. The van der Waals surface area contributed by atoms with E-state index in [4.69, 9.17) is 5.73 Å². The van der Waals surface area contributed by atoms with Gasteiger partial charge in [-0.15, -0.1) is 17.5 Å². The first-order chi connectivity index (χ1) is 10.3. The molecular formula is C14H19ClN6O. The van der Waals surface area contributed by atoms with Crippen LogP contribution >= 0.6 is 12.4 Å². The SMILES string of the molecule is Cl.NC[C@H]1CCC[C@H]1C(=O)Nc1cccc(-n2cnnn2)c1. The van der Waals surface area contributed by atoms with Gasteiger partial charge in [-0.3, -0.25) is 4.79 Å². The Morgan fingerprint density at radius 2 is 2.27 bits per heavy atom. The number of hydrogen-bond acceptors (Lipinski definition) is 5. The van der Waals surface area contributed by atoms with Crippen molar-refractivity contribution in [3.63, 3.8) is 0 Å². The summed E-state index contributed by atoms with van der Waals surface area (Å²) in [4.78, 5) is 12.4. The number of aromatic nitrogens is 4. The molecule has 1 aliphatic rings. The van der Waals surface area contributed by atoms with Crippen LogP contribution in [0.1, 0.15) is 19.3 Å². The van der Waals surface area contributed by atoms with Crippen LogP contribution < -0.4 is 11.1 Å². The first-order valence-electron chi connectivity index (χ1n) is 7.12. The zero-order valence-corrected chi connectivity index (χ0v) is 12.9. The molecule has 0 bridgehead atoms. The van der Waals surface area contributed by atoms with Gasteiger partial charge in [-0.2, -0.15) is 0 Å². The summed E-state index contributed by atoms with van der Waals surface area (Å²) < 4.78 is 1.55. The van der Waals surface area contributed by atoms with Gasteiger partial charge in [-0.05, 0) is 53.9 Å². The highest BCUT2D eigenvalue weighted by Gasteiger charge is 2.31. The molecule has 3 rings (SSSR count). The summed E-state index contributed by atoms with van der Waals surface area (Å²) in [6.07, 6.45) is 4.55. The standard InChI is InChI=1S/C14H18N6O.ClH/c15-8-10-3-1-6-13(10)14(21)17-11-4-2-5-12(7-11)20-9-16-18-19-20;/h2,4-5,7,9-10,13H,1,3,6,8,15H2,(H,17,21);1H/t10-,13-;/m1./s1. The topological polar surface area (TPSA) is 98.7 Å². The molecule has 3 N–H and O–H groups in total. The summed E-state index contributed by atoms with van der Waals surface area (Å²) in [5.74, 6) is 0.371. The maximum atomic E-state index is 12.4. The van der Waals surface area contributed by atoms with Crippen LogP contribution in [0, 0.1) is 11.8 Å². The third-order valence-electron chi connectivity index (χ3n) is 4.03. The van der Waals surface area contributed by atoms with Gasteiger partial charge in [0, 0.05) is 11.6 Å². The highest BCUT2D eigenvalue weighted by molar-refractivity contribution is 5.93. The lowest BCUT2D eigenvalue weighted by Crippen LogP contribution is -2.29. The highest BCUT2D eigenvalue weighted by Crippen LogP contribution is 2.31. The van der Waals surface area contributed by atoms with Crippen molar-refractivity contribution in [2.24, 2.45) is 17.6 Å². The molecule has 1 aromatic carbocycles. The Morgan fingerprint density at radius 3 is 3.00 bits per heavy atom. The zero-order chi connectivity index (χ0) is 14.7. The van der Waals surface area contributed by atoms with Gasteiger partial charge >= 0.3 is 0 Å². The second-order valence-corrected chi connectivity index (χ2v) is 5.33. The number of nitrogens with zero attached hydrogens (tertiary/aromatic N) is 4. The number of carbonyl (C=O) groups excluding carboxylic acids is 1. The maximum absolute atomic E-state index is 12.4. The minimum atomic E-state index is 0. The largest absolute Gasteiger partial charge is 0.330 e. The van der Waals surface area contributed by atoms with E-state index in [9.17, 15) is 4.79 Å². The van der Waals surface area contributed by atoms with Gasteiger partial charge in [0.05, 0.1) is 5.69 Å². The highest BCUT2D eigenvalue weighted by atomic mass is 35.5. The second-order valence-electron chi connectivity index (χ2n) is 5.33. The summed E-state index contributed by atoms with van der Waals surface area (Å²) >= 11 is 0. The van der Waals surface area contributed by atoms with Crippen LogP contribution in [0.5, 0.6) is 0 Å². The lowest BCUT2D eigenvalue weighted by Gasteiger charge is -2.17. The quantitative estimate of drug-likeness (QED) is 0.886. The number of hydrogen-bond donors (Lipinski definition) is 2. The fraction of sp³-hybridized carbons (Fsp3) is 0.429. The predicted octanol–water partition coefficient (Wildman–Crippen LogP) is 1.40. The van der Waals surface area contributed by atoms with Gasteiger partial charge in [-0.1, -0.05) is 12.5 Å². The van der Waals surface area contributed by atoms with Crippen molar-refractivity contribution in [3.8, 4) is 5.69 Å². The van der Waals surface area contributed by atoms with Gasteiger partial charge in [0.2, 0.25) is 5.91 Å². The third-order valence-corrected chi connectivity index (χ3v) is 4.03. The monoisotopic (exact) mass is 322 g/mol. The number of anilines is 1. The lowest BCUT2D eigenvalue weighted by atomic mass is 9.95. The van der Waals surface area contributed by atoms with Crippen molar-refractivity contribution in [3.05, 3.63) is 30.6 Å². The molecule has 1 aliphatic carbocycles. The van der Waals surface area contributed by atoms with Crippen LogP contribution in [-0.2, 0) is 4.79 Å². The number of halogens is 1. The molecule has 22 heavy (non-hydrogen) atoms. The minimum Gasteiger partial charge on any atom is -0.330 e. The first-order valence-corrected chi connectivity index (χ1v) is 7.12. The Morgan fingerprint density at radius 1 is 1.41 bits per heavy atom. The van der Waals surface area contributed by atoms with E-state index in [1.54, 1.807) is 4.68 Å². The van der Waals surface area contributed by atoms with E-state index >= 15 is 0 Å². The number of tetrazole rings is 1. The number of carbonyl (C=O) groups is 1. The summed E-state index contributed by atoms with van der Waals surface area (Å²) in [6.45, 7) is 0.572. The molecule has 0 spiro atoms. The molecule has 0 radical (unpaired) electrons. The van der Waals surface area contributed by atoms with E-state index in [2.05, 4.69) is 20.8 Å². The lowest BCUT2D eigenvalue weighted by molar-refractivity contribution is -0.120. The zero-order valence-electron chi connectivity index (χ0n) is 12.1. The predicted molar refractivity (Wildman–Crippen MR) is 84.9 cm³/mol. The molecule has 0 saturated heterocycles. The summed E-state index contributed by atoms with van der Waals surface area (Å²) in [5.41, 5.74) is 7.29. The van der Waals surface area contributed by atoms with Gasteiger partial charge in [0.1, 0.15) is 6.33 Å². The number of amides is 1. The molecule has 1 saturated carbocycles. The van der Waals surface area contributed by atoms with Crippen molar-refractivity contribution in [1.29, 1.82) is 0 Å². The van der Waals surface area contributed by atoms with Crippen LogP contribution in [0.25, 0.3) is 5.69 Å². The fourth-order valence-electron chi connectivity index (χ4n) is 2.90. The Kier molecular flexibility index (Phi) is 5.46. The Labute approximate surface area is 134 Å². The molecule has 2 atom stereocenters. The molecule has 1 fully saturated rings. The van der Waals surface area contributed by atoms with Crippen LogP contribution in [0.3, 0.4) is 0 Å². The number of nitrogens with one attached hydrogen (secondary N) is 1. The minimum absolute atomic E-state index is 0. The van der Waals surface area contributed by atoms with E-state index in [1.807, 2.05) is 24.3 Å². The van der Waals surface area contributed by atoms with Gasteiger partial charge in [0.15, 0.2) is 0 Å². The average Bonchev–Trinajstić information content (AvgIpc) is 3.18. The van der Waals surface area contributed by atoms with Crippen LogP contribution in [-0.4, -0.2) is 32.7 Å². The van der Waals surface area contributed by atoms with Crippen molar-refractivity contribution in [2.45, 2.75) is 19.3 Å². The summed E-state index contributed by atoms with van der Waals surface area (Å²) in [5, 5.41) is 14.0. The van der Waals surface area contributed by atoms with Crippen LogP contribution in [0.4, 0.5) is 5.69 Å². The molecule has 118 valence electrons. The number of nitrogens with two attached hydrogens (primary N) is 1. The van der Waals surface area contributed by atoms with Gasteiger partial charge < -0.3 is 11.1 Å². The van der Waals surface area contributed by atoms with E-state index in [-0.39, 0.29) is 24.2 Å². The van der Waals surface area contributed by atoms with E-state index in [0.717, 1.165) is 30.6 Å². The third kappa shape index (κ3) is 3.42. The molecule has 1 heterocycles. The van der Waals surface area contributed by atoms with E-state index < -0.39 is 0 Å². The molecule has 0 aliphatic heterocycles. The fourth-order valence-corrected chi connectivity index (χ4v) is 2.90. The van der Waals surface area contributed by atoms with Crippen molar-refractivity contribution < 1.29 is 4.79 Å². The molecule has 7 nitrogen and oxygen atoms in total. The number of rotatable bonds is 4. The molecule has 2 aromatic rings. The molecule has 8 heteroatoms. The van der Waals surface area contributed by atoms with Crippen molar-refractivity contribution >= 4 is 24.0 Å². The van der Waals surface area contributed by atoms with Crippen molar-refractivity contribution in [2.75, 3.05) is 11.9 Å². The van der Waals surface area contributed by atoms with Crippen LogP contribution in [0.2, 0.25) is 0 Å². The first kappa shape index (κ1) is 16.4. The van der Waals surface area contributed by atoms with E-state index in [1.165, 1.54) is 6.33 Å². The van der Waals surface area contributed by atoms with Gasteiger partial charge in [0.25, 0.3) is 0 Å². The van der Waals surface area contributed by atoms with Crippen LogP contribution in [0.15, 0.2) is 30.6 Å². The van der Waals surface area contributed by atoms with Crippen molar-refractivity contribution in [1.82, 2.24) is 20.2 Å². The molecular weight excluding hydrogens is 304 g/mol. The molecule has 0 unspecified atom stereocenters. The number of benzene rings is 1. The maximum Gasteiger partial charge on any atom is 0.227 e.